The van der Waals surface area contributed by atoms with Gasteiger partial charge < -0.3 is 23.4 Å². The summed E-state index contributed by atoms with van der Waals surface area (Å²) in [6, 6.07) is 1.81. The van der Waals surface area contributed by atoms with Gasteiger partial charge in [0.15, 0.2) is 0 Å². The zero-order chi connectivity index (χ0) is 22.2. The molecular formula is C23H28O8. The Hall–Kier alpha value is -2.35. The van der Waals surface area contributed by atoms with E-state index in [-0.39, 0.29) is 23.9 Å². The molecule has 0 radical (unpaired) electrons. The average molecular weight is 432 g/mol. The smallest absolute Gasteiger partial charge is 0.341 e. The van der Waals surface area contributed by atoms with E-state index in [2.05, 4.69) is 0 Å². The SMILES string of the molecule is COC(=O)[C@@]12O[C@@H]1CC[C@@H]1[C@@]3(C[C@@H](c4ccoc4)OC3=O)[C@@H](C)C[C@@H](OC(C)=O)[C@@]12C. The third kappa shape index (κ3) is 2.42. The topological polar surface area (TPSA) is 105 Å². The lowest BCUT2D eigenvalue weighted by atomic mass is 9.43. The van der Waals surface area contributed by atoms with Crippen LogP contribution in [0.15, 0.2) is 23.0 Å². The first-order valence-corrected chi connectivity index (χ1v) is 10.9. The summed E-state index contributed by atoms with van der Waals surface area (Å²) in [4.78, 5) is 38.6. The number of esters is 3. The van der Waals surface area contributed by atoms with E-state index in [1.165, 1.54) is 14.0 Å². The monoisotopic (exact) mass is 432 g/mol. The minimum absolute atomic E-state index is 0.107. The predicted octanol–water partition coefficient (Wildman–Crippen LogP) is 2.95. The van der Waals surface area contributed by atoms with Gasteiger partial charge in [0.2, 0.25) is 5.60 Å². The molecule has 168 valence electrons. The zero-order valence-electron chi connectivity index (χ0n) is 18.2. The second-order valence-electron chi connectivity index (χ2n) is 9.68. The van der Waals surface area contributed by atoms with Crippen LogP contribution in [0.25, 0.3) is 0 Å². The van der Waals surface area contributed by atoms with Crippen LogP contribution in [0.2, 0.25) is 0 Å². The van der Waals surface area contributed by atoms with Crippen molar-refractivity contribution in [1.82, 2.24) is 0 Å². The number of rotatable bonds is 3. The first-order valence-electron chi connectivity index (χ1n) is 10.9. The summed E-state index contributed by atoms with van der Waals surface area (Å²) in [7, 11) is 1.34. The largest absolute Gasteiger partial charge is 0.472 e. The van der Waals surface area contributed by atoms with Crippen molar-refractivity contribution >= 4 is 17.9 Å². The van der Waals surface area contributed by atoms with Crippen molar-refractivity contribution in [2.45, 2.75) is 70.4 Å². The van der Waals surface area contributed by atoms with E-state index in [0.29, 0.717) is 25.7 Å². The molecule has 5 rings (SSSR count). The molecule has 4 aliphatic rings. The van der Waals surface area contributed by atoms with Crippen LogP contribution in [0.1, 0.15) is 58.1 Å². The number of hydrogen-bond acceptors (Lipinski definition) is 8. The van der Waals surface area contributed by atoms with Gasteiger partial charge in [0, 0.05) is 18.9 Å². The molecule has 0 N–H and O–H groups in total. The van der Waals surface area contributed by atoms with Crippen LogP contribution in [0.3, 0.4) is 0 Å². The first kappa shape index (κ1) is 20.5. The Balaban J connectivity index is 1.62. The molecule has 1 aromatic rings. The summed E-state index contributed by atoms with van der Waals surface area (Å²) in [6.07, 6.45) is 4.13. The molecule has 2 saturated heterocycles. The molecule has 2 aliphatic heterocycles. The molecule has 8 heteroatoms. The van der Waals surface area contributed by atoms with E-state index < -0.39 is 40.6 Å². The predicted molar refractivity (Wildman–Crippen MR) is 104 cm³/mol. The normalized spacial score (nSPS) is 45.4. The number of ether oxygens (including phenoxy) is 4. The van der Waals surface area contributed by atoms with E-state index in [1.807, 2.05) is 19.9 Å². The van der Waals surface area contributed by atoms with Crippen molar-refractivity contribution in [2.24, 2.45) is 22.7 Å². The minimum atomic E-state index is -1.22. The summed E-state index contributed by atoms with van der Waals surface area (Å²) >= 11 is 0. The summed E-state index contributed by atoms with van der Waals surface area (Å²) in [5, 5.41) is 0. The number of methoxy groups -OCH3 is 1. The fraction of sp³-hybridized carbons (Fsp3) is 0.696. The van der Waals surface area contributed by atoms with Crippen molar-refractivity contribution in [3.05, 3.63) is 24.2 Å². The van der Waals surface area contributed by atoms with Crippen molar-refractivity contribution in [3.8, 4) is 0 Å². The highest BCUT2D eigenvalue weighted by Crippen LogP contribution is 2.73. The zero-order valence-corrected chi connectivity index (χ0v) is 18.2. The maximum atomic E-state index is 13.5. The van der Waals surface area contributed by atoms with Gasteiger partial charge in [-0.05, 0) is 37.2 Å². The second kappa shape index (κ2) is 6.58. The van der Waals surface area contributed by atoms with Crippen LogP contribution in [0, 0.1) is 22.7 Å². The molecule has 2 saturated carbocycles. The molecule has 1 spiro atoms. The number of carbonyl (C=O) groups is 3. The molecule has 8 nitrogen and oxygen atoms in total. The van der Waals surface area contributed by atoms with Crippen LogP contribution in [0.4, 0.5) is 0 Å². The van der Waals surface area contributed by atoms with E-state index in [1.54, 1.807) is 12.5 Å². The van der Waals surface area contributed by atoms with Crippen molar-refractivity contribution in [3.63, 3.8) is 0 Å². The Labute approximate surface area is 180 Å². The fourth-order valence-electron chi connectivity index (χ4n) is 7.10. The van der Waals surface area contributed by atoms with Crippen LogP contribution in [-0.4, -0.2) is 42.8 Å². The molecule has 0 amide bonds. The maximum absolute atomic E-state index is 13.5. The third-order valence-electron chi connectivity index (χ3n) is 8.57. The van der Waals surface area contributed by atoms with Crippen molar-refractivity contribution < 1.29 is 37.7 Å². The highest BCUT2D eigenvalue weighted by atomic mass is 16.7. The highest BCUT2D eigenvalue weighted by molar-refractivity contribution is 5.87. The van der Waals surface area contributed by atoms with Gasteiger partial charge in [-0.25, -0.2) is 4.79 Å². The number of hydrogen-bond donors (Lipinski definition) is 0. The third-order valence-corrected chi connectivity index (χ3v) is 8.57. The van der Waals surface area contributed by atoms with E-state index in [9.17, 15) is 14.4 Å². The Morgan fingerprint density at radius 3 is 2.68 bits per heavy atom. The van der Waals surface area contributed by atoms with Gasteiger partial charge in [-0.3, -0.25) is 9.59 Å². The van der Waals surface area contributed by atoms with Crippen LogP contribution >= 0.6 is 0 Å². The number of cyclic esters (lactones) is 1. The molecule has 31 heavy (non-hydrogen) atoms. The fourth-order valence-corrected chi connectivity index (χ4v) is 7.10. The number of carbonyl (C=O) groups excluding carboxylic acids is 3. The second-order valence-corrected chi connectivity index (χ2v) is 9.68. The molecule has 0 bridgehead atoms. The standard InChI is InChI=1S/C23H28O8/c1-12-9-18(29-13(2)24)21(3)16(5-6-17-23(21,31-17)20(26)27-4)22(12)10-15(30-19(22)25)14-7-8-28-11-14/h7-8,11-12,15-18H,5-6,9-10H2,1-4H3/t12-,15-,16-,17+,18+,21+,22+,23-/m0/s1. The first-order chi connectivity index (χ1) is 14.7. The summed E-state index contributed by atoms with van der Waals surface area (Å²) in [5.74, 6) is -1.52. The van der Waals surface area contributed by atoms with Gasteiger partial charge in [0.05, 0.1) is 36.6 Å². The molecule has 4 fully saturated rings. The summed E-state index contributed by atoms with van der Waals surface area (Å²) < 4.78 is 28.1. The molecule has 0 unspecified atom stereocenters. The van der Waals surface area contributed by atoms with Crippen LogP contribution in [0.5, 0.6) is 0 Å². The molecule has 8 atom stereocenters. The Morgan fingerprint density at radius 1 is 1.26 bits per heavy atom. The van der Waals surface area contributed by atoms with Gasteiger partial charge >= 0.3 is 17.9 Å². The molecule has 0 aromatic carbocycles. The van der Waals surface area contributed by atoms with E-state index >= 15 is 0 Å². The minimum Gasteiger partial charge on any atom is -0.472 e. The lowest BCUT2D eigenvalue weighted by Crippen LogP contribution is -2.67. The van der Waals surface area contributed by atoms with Gasteiger partial charge in [-0.2, -0.15) is 0 Å². The van der Waals surface area contributed by atoms with E-state index in [4.69, 9.17) is 23.4 Å². The number of epoxide rings is 1. The molecular weight excluding hydrogens is 404 g/mol. The van der Waals surface area contributed by atoms with Crippen LogP contribution < -0.4 is 0 Å². The Morgan fingerprint density at radius 2 is 2.03 bits per heavy atom. The summed E-state index contributed by atoms with van der Waals surface area (Å²) in [6.45, 7) is 5.30. The highest BCUT2D eigenvalue weighted by Gasteiger charge is 2.84. The Bertz CT molecular complexity index is 924. The van der Waals surface area contributed by atoms with Gasteiger partial charge in [-0.15, -0.1) is 0 Å². The molecule has 1 aromatic heterocycles. The van der Waals surface area contributed by atoms with Crippen LogP contribution in [-0.2, 0) is 33.3 Å². The lowest BCUT2D eigenvalue weighted by molar-refractivity contribution is -0.210. The van der Waals surface area contributed by atoms with Gasteiger partial charge in [0.1, 0.15) is 12.2 Å². The van der Waals surface area contributed by atoms with E-state index in [0.717, 1.165) is 5.56 Å². The van der Waals surface area contributed by atoms with Crippen molar-refractivity contribution in [2.75, 3.05) is 7.11 Å². The number of furan rings is 1. The van der Waals surface area contributed by atoms with Gasteiger partial charge in [-0.1, -0.05) is 13.8 Å². The average Bonchev–Trinajstić information content (AvgIpc) is 3.07. The maximum Gasteiger partial charge on any atom is 0.341 e. The Kier molecular flexibility index (Phi) is 4.36. The number of fused-ring (bicyclic) bond motifs is 4. The molecule has 3 heterocycles. The van der Waals surface area contributed by atoms with Gasteiger partial charge in [0.25, 0.3) is 0 Å². The lowest BCUT2D eigenvalue weighted by Gasteiger charge is -2.59. The molecule has 2 aliphatic carbocycles. The van der Waals surface area contributed by atoms with Crippen molar-refractivity contribution in [1.29, 1.82) is 0 Å². The summed E-state index contributed by atoms with van der Waals surface area (Å²) in [5.41, 5.74) is -2.12. The quantitative estimate of drug-likeness (QED) is 0.408.